The summed E-state index contributed by atoms with van der Waals surface area (Å²) < 4.78 is 6.79. The SMILES string of the molecule is Cn1nnnc1Sc1ccc(Cl)cc1NC(=O)Cc1noc2ccccc12. The highest BCUT2D eigenvalue weighted by molar-refractivity contribution is 7.99. The van der Waals surface area contributed by atoms with Crippen LogP contribution in [0.1, 0.15) is 5.69 Å². The number of anilines is 1. The topological polar surface area (TPSA) is 98.7 Å². The molecule has 2 aromatic carbocycles. The lowest BCUT2D eigenvalue weighted by Gasteiger charge is -2.10. The minimum Gasteiger partial charge on any atom is -0.356 e. The van der Waals surface area contributed by atoms with Crippen LogP contribution < -0.4 is 5.32 Å². The lowest BCUT2D eigenvalue weighted by molar-refractivity contribution is -0.115. The molecule has 0 aliphatic carbocycles. The Balaban J connectivity index is 1.55. The van der Waals surface area contributed by atoms with E-state index in [-0.39, 0.29) is 12.3 Å². The van der Waals surface area contributed by atoms with Crippen LogP contribution in [0.25, 0.3) is 11.0 Å². The van der Waals surface area contributed by atoms with Gasteiger partial charge in [0.15, 0.2) is 5.58 Å². The molecular formula is C17H13ClN6O2S. The first kappa shape index (κ1) is 17.5. The number of amides is 1. The van der Waals surface area contributed by atoms with Crippen molar-refractivity contribution in [2.24, 2.45) is 7.05 Å². The number of tetrazole rings is 1. The summed E-state index contributed by atoms with van der Waals surface area (Å²) in [5.74, 6) is -0.228. The van der Waals surface area contributed by atoms with Crippen molar-refractivity contribution in [3.8, 4) is 0 Å². The van der Waals surface area contributed by atoms with Crippen LogP contribution in [0.5, 0.6) is 0 Å². The third-order valence-electron chi connectivity index (χ3n) is 3.78. The molecule has 1 amide bonds. The molecule has 0 spiro atoms. The average molecular weight is 401 g/mol. The number of fused-ring (bicyclic) bond motifs is 1. The maximum absolute atomic E-state index is 12.6. The molecule has 0 unspecified atom stereocenters. The summed E-state index contributed by atoms with van der Waals surface area (Å²) in [5.41, 5.74) is 1.80. The molecule has 0 bridgehead atoms. The lowest BCUT2D eigenvalue weighted by Crippen LogP contribution is -2.15. The zero-order valence-corrected chi connectivity index (χ0v) is 15.7. The standard InChI is InChI=1S/C17H13ClN6O2S/c1-24-17(20-22-23-24)27-15-7-6-10(18)8-13(15)19-16(25)9-12-11-4-2-3-5-14(11)26-21-12/h2-8H,9H2,1H3,(H,19,25). The Hall–Kier alpha value is -2.91. The number of nitrogens with one attached hydrogen (secondary N) is 1. The number of carbonyl (C=O) groups excluding carboxylic acids is 1. The predicted octanol–water partition coefficient (Wildman–Crippen LogP) is 3.34. The number of carbonyl (C=O) groups is 1. The van der Waals surface area contributed by atoms with Gasteiger partial charge in [0.1, 0.15) is 5.69 Å². The number of rotatable bonds is 5. The number of benzene rings is 2. The fourth-order valence-corrected chi connectivity index (χ4v) is 3.48. The molecule has 0 aliphatic rings. The summed E-state index contributed by atoms with van der Waals surface area (Å²) >= 11 is 7.43. The smallest absolute Gasteiger partial charge is 0.230 e. The van der Waals surface area contributed by atoms with Crippen LogP contribution in [0.3, 0.4) is 0 Å². The Bertz CT molecular complexity index is 1130. The van der Waals surface area contributed by atoms with Crippen LogP contribution >= 0.6 is 23.4 Å². The quantitative estimate of drug-likeness (QED) is 0.548. The zero-order chi connectivity index (χ0) is 18.8. The maximum atomic E-state index is 12.6. The molecule has 0 fully saturated rings. The minimum absolute atomic E-state index is 0.0825. The second-order valence-corrected chi connectivity index (χ2v) is 7.12. The molecule has 4 aromatic rings. The van der Waals surface area contributed by atoms with E-state index in [2.05, 4.69) is 26.0 Å². The average Bonchev–Trinajstić information content (AvgIpc) is 3.24. The van der Waals surface area contributed by atoms with Gasteiger partial charge in [0.25, 0.3) is 0 Å². The van der Waals surface area contributed by atoms with E-state index in [1.165, 1.54) is 11.8 Å². The predicted molar refractivity (Wildman–Crippen MR) is 101 cm³/mol. The molecule has 0 atom stereocenters. The molecule has 1 N–H and O–H groups in total. The molecule has 2 heterocycles. The van der Waals surface area contributed by atoms with E-state index in [4.69, 9.17) is 16.1 Å². The van der Waals surface area contributed by atoms with Gasteiger partial charge < -0.3 is 9.84 Å². The van der Waals surface area contributed by atoms with Gasteiger partial charge in [-0.2, -0.15) is 0 Å². The molecule has 0 radical (unpaired) electrons. The lowest BCUT2D eigenvalue weighted by atomic mass is 10.1. The first-order valence-corrected chi connectivity index (χ1v) is 9.12. The Morgan fingerprint density at radius 2 is 2.15 bits per heavy atom. The van der Waals surface area contributed by atoms with Gasteiger partial charge in [0, 0.05) is 22.4 Å². The van der Waals surface area contributed by atoms with E-state index >= 15 is 0 Å². The number of aromatic nitrogens is 5. The highest BCUT2D eigenvalue weighted by Gasteiger charge is 2.15. The van der Waals surface area contributed by atoms with Crippen LogP contribution in [-0.4, -0.2) is 31.3 Å². The molecule has 8 nitrogen and oxygen atoms in total. The van der Waals surface area contributed by atoms with E-state index < -0.39 is 0 Å². The summed E-state index contributed by atoms with van der Waals surface area (Å²) in [6.45, 7) is 0. The number of aryl methyl sites for hydroxylation is 1. The molecule has 0 saturated carbocycles. The minimum atomic E-state index is -0.228. The number of nitrogens with zero attached hydrogens (tertiary/aromatic N) is 5. The van der Waals surface area contributed by atoms with Gasteiger partial charge in [-0.15, -0.1) is 5.10 Å². The van der Waals surface area contributed by atoms with Crippen LogP contribution in [0.4, 0.5) is 5.69 Å². The second-order valence-electron chi connectivity index (χ2n) is 5.68. The molecule has 4 rings (SSSR count). The third kappa shape index (κ3) is 3.79. The van der Waals surface area contributed by atoms with Crippen LogP contribution in [0.2, 0.25) is 5.02 Å². The van der Waals surface area contributed by atoms with E-state index in [9.17, 15) is 4.79 Å². The highest BCUT2D eigenvalue weighted by atomic mass is 35.5. The van der Waals surface area contributed by atoms with Gasteiger partial charge in [-0.05, 0) is 52.5 Å². The van der Waals surface area contributed by atoms with Crippen molar-refractivity contribution in [3.63, 3.8) is 0 Å². The largest absolute Gasteiger partial charge is 0.356 e. The van der Waals surface area contributed by atoms with Crippen LogP contribution in [-0.2, 0) is 18.3 Å². The Kier molecular flexibility index (Phi) is 4.78. The maximum Gasteiger partial charge on any atom is 0.230 e. The van der Waals surface area contributed by atoms with Gasteiger partial charge in [0.05, 0.1) is 12.1 Å². The second kappa shape index (κ2) is 7.37. The number of halogens is 1. The fraction of sp³-hybridized carbons (Fsp3) is 0.118. The van der Waals surface area contributed by atoms with E-state index in [0.29, 0.717) is 27.1 Å². The first-order valence-electron chi connectivity index (χ1n) is 7.93. The number of para-hydroxylation sites is 1. The molecule has 0 saturated heterocycles. The van der Waals surface area contributed by atoms with Gasteiger partial charge >= 0.3 is 0 Å². The summed E-state index contributed by atoms with van der Waals surface area (Å²) in [7, 11) is 1.74. The van der Waals surface area contributed by atoms with Crippen molar-refractivity contribution in [2.45, 2.75) is 16.5 Å². The highest BCUT2D eigenvalue weighted by Crippen LogP contribution is 2.34. The normalized spacial score (nSPS) is 11.0. The molecule has 27 heavy (non-hydrogen) atoms. The van der Waals surface area contributed by atoms with Gasteiger partial charge in [-0.1, -0.05) is 28.9 Å². The van der Waals surface area contributed by atoms with Crippen molar-refractivity contribution in [1.82, 2.24) is 25.4 Å². The summed E-state index contributed by atoms with van der Waals surface area (Å²) in [6, 6.07) is 12.7. The number of hydrogen-bond acceptors (Lipinski definition) is 7. The third-order valence-corrected chi connectivity index (χ3v) is 5.12. The van der Waals surface area contributed by atoms with Gasteiger partial charge in [-0.3, -0.25) is 4.79 Å². The summed E-state index contributed by atoms with van der Waals surface area (Å²) in [4.78, 5) is 13.3. The van der Waals surface area contributed by atoms with Crippen LogP contribution in [0, 0.1) is 0 Å². The van der Waals surface area contributed by atoms with Crippen molar-refractivity contribution in [1.29, 1.82) is 0 Å². The number of hydrogen-bond donors (Lipinski definition) is 1. The van der Waals surface area contributed by atoms with Crippen molar-refractivity contribution < 1.29 is 9.32 Å². The van der Waals surface area contributed by atoms with E-state index in [1.807, 2.05) is 30.3 Å². The molecule has 136 valence electrons. The van der Waals surface area contributed by atoms with Crippen LogP contribution in [0.15, 0.2) is 57.0 Å². The summed E-state index contributed by atoms with van der Waals surface area (Å²) in [5, 5.41) is 20.2. The Labute approximate surface area is 162 Å². The fourth-order valence-electron chi connectivity index (χ4n) is 2.51. The Morgan fingerprint density at radius 1 is 1.30 bits per heavy atom. The van der Waals surface area contributed by atoms with E-state index in [0.717, 1.165) is 10.3 Å². The van der Waals surface area contributed by atoms with Crippen molar-refractivity contribution in [2.75, 3.05) is 5.32 Å². The first-order chi connectivity index (χ1) is 13.1. The van der Waals surface area contributed by atoms with Gasteiger partial charge in [0.2, 0.25) is 11.1 Å². The monoisotopic (exact) mass is 400 g/mol. The molecule has 2 aromatic heterocycles. The van der Waals surface area contributed by atoms with Crippen molar-refractivity contribution >= 4 is 45.9 Å². The molecular weight excluding hydrogens is 388 g/mol. The van der Waals surface area contributed by atoms with E-state index in [1.54, 1.807) is 23.9 Å². The van der Waals surface area contributed by atoms with Gasteiger partial charge in [-0.25, -0.2) is 4.68 Å². The Morgan fingerprint density at radius 3 is 2.96 bits per heavy atom. The zero-order valence-electron chi connectivity index (χ0n) is 14.1. The summed E-state index contributed by atoms with van der Waals surface area (Å²) in [6.07, 6.45) is 0.0825. The molecule has 10 heteroatoms. The van der Waals surface area contributed by atoms with Crippen molar-refractivity contribution in [3.05, 3.63) is 53.2 Å². The molecule has 0 aliphatic heterocycles.